The first kappa shape index (κ1) is 19.1. The number of benzene rings is 3. The second kappa shape index (κ2) is 8.84. The van der Waals surface area contributed by atoms with Crippen molar-refractivity contribution >= 4 is 34.1 Å². The summed E-state index contributed by atoms with van der Waals surface area (Å²) >= 11 is 1.43. The van der Waals surface area contributed by atoms with Crippen LogP contribution in [-0.4, -0.2) is 28.3 Å². The molecule has 0 aliphatic carbocycles. The van der Waals surface area contributed by atoms with Crippen molar-refractivity contribution in [2.24, 2.45) is 0 Å². The van der Waals surface area contributed by atoms with E-state index >= 15 is 0 Å². The highest BCUT2D eigenvalue weighted by Gasteiger charge is 2.10. The van der Waals surface area contributed by atoms with Crippen molar-refractivity contribution < 1.29 is 9.53 Å². The molecular formula is C23H21N3O2S. The molecule has 6 heteroatoms. The van der Waals surface area contributed by atoms with E-state index in [0.29, 0.717) is 12.3 Å². The number of carbonyl (C=O) groups is 1. The molecule has 0 radical (unpaired) electrons. The number of methoxy groups -OCH3 is 1. The van der Waals surface area contributed by atoms with Gasteiger partial charge in [0.2, 0.25) is 5.91 Å². The molecule has 0 saturated carbocycles. The van der Waals surface area contributed by atoms with Gasteiger partial charge in [0.05, 0.1) is 12.9 Å². The molecule has 5 nitrogen and oxygen atoms in total. The Morgan fingerprint density at radius 3 is 2.69 bits per heavy atom. The number of ether oxygens (including phenoxy) is 1. The highest BCUT2D eigenvalue weighted by Crippen LogP contribution is 2.24. The summed E-state index contributed by atoms with van der Waals surface area (Å²) in [4.78, 5) is 16.9. The first-order chi connectivity index (χ1) is 14.2. The Morgan fingerprint density at radius 1 is 1.07 bits per heavy atom. The molecule has 0 aliphatic heterocycles. The van der Waals surface area contributed by atoms with E-state index < -0.39 is 0 Å². The molecule has 1 aromatic heterocycles. The summed E-state index contributed by atoms with van der Waals surface area (Å²) in [6.45, 7) is 0.692. The van der Waals surface area contributed by atoms with Crippen LogP contribution >= 0.6 is 11.8 Å². The SMILES string of the molecule is COc1ccc(Cn2ccnc2SCC(=O)Nc2cccc3ccccc23)cc1. The number of nitrogens with one attached hydrogen (secondary N) is 1. The molecule has 4 rings (SSSR count). The minimum Gasteiger partial charge on any atom is -0.497 e. The van der Waals surface area contributed by atoms with Gasteiger partial charge >= 0.3 is 0 Å². The number of amides is 1. The topological polar surface area (TPSA) is 56.2 Å². The summed E-state index contributed by atoms with van der Waals surface area (Å²) in [6, 6.07) is 21.9. The van der Waals surface area contributed by atoms with Crippen LogP contribution in [0.4, 0.5) is 5.69 Å². The van der Waals surface area contributed by atoms with Gasteiger partial charge in [-0.15, -0.1) is 0 Å². The van der Waals surface area contributed by atoms with Crippen LogP contribution in [0.2, 0.25) is 0 Å². The lowest BCUT2D eigenvalue weighted by Gasteiger charge is -2.10. The van der Waals surface area contributed by atoms with Crippen LogP contribution in [0.3, 0.4) is 0 Å². The van der Waals surface area contributed by atoms with Gasteiger partial charge in [-0.3, -0.25) is 4.79 Å². The Morgan fingerprint density at radius 2 is 1.86 bits per heavy atom. The largest absolute Gasteiger partial charge is 0.497 e. The molecule has 0 spiro atoms. The minimum absolute atomic E-state index is 0.0506. The average molecular weight is 404 g/mol. The van der Waals surface area contributed by atoms with Gasteiger partial charge in [-0.1, -0.05) is 60.3 Å². The number of carbonyl (C=O) groups excluding carboxylic acids is 1. The van der Waals surface area contributed by atoms with Gasteiger partial charge in [-0.05, 0) is 29.1 Å². The number of fused-ring (bicyclic) bond motifs is 1. The normalized spacial score (nSPS) is 10.8. The van der Waals surface area contributed by atoms with E-state index in [0.717, 1.165) is 32.9 Å². The second-order valence-corrected chi connectivity index (χ2v) is 7.49. The summed E-state index contributed by atoms with van der Waals surface area (Å²) in [5.74, 6) is 1.08. The van der Waals surface area contributed by atoms with Crippen molar-refractivity contribution in [2.75, 3.05) is 18.2 Å². The predicted molar refractivity (Wildman–Crippen MR) is 118 cm³/mol. The maximum absolute atomic E-state index is 12.5. The van der Waals surface area contributed by atoms with E-state index in [2.05, 4.69) is 10.3 Å². The number of hydrogen-bond acceptors (Lipinski definition) is 4. The highest BCUT2D eigenvalue weighted by molar-refractivity contribution is 7.99. The number of anilines is 1. The molecule has 0 atom stereocenters. The Balaban J connectivity index is 1.39. The molecule has 0 fully saturated rings. The van der Waals surface area contributed by atoms with Gasteiger partial charge in [0.1, 0.15) is 5.75 Å². The van der Waals surface area contributed by atoms with E-state index in [9.17, 15) is 4.79 Å². The molecule has 1 N–H and O–H groups in total. The summed E-state index contributed by atoms with van der Waals surface area (Å²) in [6.07, 6.45) is 3.68. The van der Waals surface area contributed by atoms with Crippen LogP contribution < -0.4 is 10.1 Å². The van der Waals surface area contributed by atoms with E-state index in [-0.39, 0.29) is 5.91 Å². The fraction of sp³-hybridized carbons (Fsp3) is 0.130. The zero-order valence-corrected chi connectivity index (χ0v) is 16.9. The third kappa shape index (κ3) is 4.60. The lowest BCUT2D eigenvalue weighted by Crippen LogP contribution is -2.15. The summed E-state index contributed by atoms with van der Waals surface area (Å²) in [7, 11) is 1.66. The van der Waals surface area contributed by atoms with Crippen molar-refractivity contribution in [1.82, 2.24) is 9.55 Å². The first-order valence-corrected chi connectivity index (χ1v) is 10.3. The molecule has 3 aromatic carbocycles. The van der Waals surface area contributed by atoms with Crippen LogP contribution in [0.1, 0.15) is 5.56 Å². The quantitative estimate of drug-likeness (QED) is 0.449. The Bertz CT molecular complexity index is 1120. The third-order valence-electron chi connectivity index (χ3n) is 4.59. The van der Waals surface area contributed by atoms with E-state index in [1.807, 2.05) is 77.5 Å². The molecular weight excluding hydrogens is 382 g/mol. The minimum atomic E-state index is -0.0506. The summed E-state index contributed by atoms with van der Waals surface area (Å²) in [5.41, 5.74) is 1.97. The number of rotatable bonds is 7. The number of nitrogens with zero attached hydrogens (tertiary/aromatic N) is 2. The maximum atomic E-state index is 12.5. The van der Waals surface area contributed by atoms with Crippen LogP contribution in [-0.2, 0) is 11.3 Å². The molecule has 0 bridgehead atoms. The first-order valence-electron chi connectivity index (χ1n) is 9.27. The summed E-state index contributed by atoms with van der Waals surface area (Å²) < 4.78 is 7.24. The maximum Gasteiger partial charge on any atom is 0.234 e. The molecule has 0 saturated heterocycles. The van der Waals surface area contributed by atoms with Gasteiger partial charge in [-0.25, -0.2) is 4.98 Å². The molecule has 4 aromatic rings. The highest BCUT2D eigenvalue weighted by atomic mass is 32.2. The fourth-order valence-corrected chi connectivity index (χ4v) is 3.89. The predicted octanol–water partition coefficient (Wildman–Crippen LogP) is 4.82. The van der Waals surface area contributed by atoms with Crippen LogP contribution in [0.25, 0.3) is 10.8 Å². The van der Waals surface area contributed by atoms with E-state index in [1.165, 1.54) is 11.8 Å². The standard InChI is InChI=1S/C23H21N3O2S/c1-28-19-11-9-17(10-12-19)15-26-14-13-24-23(26)29-16-22(27)25-21-8-4-6-18-5-2-3-7-20(18)21/h2-14H,15-16H2,1H3,(H,25,27). The van der Waals surface area contributed by atoms with Crippen LogP contribution in [0.5, 0.6) is 5.75 Å². The van der Waals surface area contributed by atoms with Gasteiger partial charge in [0.25, 0.3) is 0 Å². The molecule has 1 heterocycles. The van der Waals surface area contributed by atoms with Gasteiger partial charge < -0.3 is 14.6 Å². The Labute approximate surface area is 173 Å². The number of imidazole rings is 1. The van der Waals surface area contributed by atoms with E-state index in [4.69, 9.17) is 4.74 Å². The van der Waals surface area contributed by atoms with Crippen molar-refractivity contribution in [3.05, 3.63) is 84.7 Å². The monoisotopic (exact) mass is 403 g/mol. The Kier molecular flexibility index (Phi) is 5.81. The van der Waals surface area contributed by atoms with E-state index in [1.54, 1.807) is 13.3 Å². The molecule has 29 heavy (non-hydrogen) atoms. The molecule has 0 aliphatic rings. The smallest absolute Gasteiger partial charge is 0.234 e. The molecule has 146 valence electrons. The van der Waals surface area contributed by atoms with Crippen LogP contribution in [0, 0.1) is 0 Å². The van der Waals surface area contributed by atoms with Gasteiger partial charge in [-0.2, -0.15) is 0 Å². The van der Waals surface area contributed by atoms with Gasteiger partial charge in [0.15, 0.2) is 5.16 Å². The van der Waals surface area contributed by atoms with Crippen LogP contribution in [0.15, 0.2) is 84.3 Å². The number of thioether (sulfide) groups is 1. The third-order valence-corrected chi connectivity index (χ3v) is 5.59. The zero-order valence-electron chi connectivity index (χ0n) is 16.0. The number of hydrogen-bond donors (Lipinski definition) is 1. The molecule has 1 amide bonds. The van der Waals surface area contributed by atoms with Crippen molar-refractivity contribution in [1.29, 1.82) is 0 Å². The lowest BCUT2D eigenvalue weighted by molar-refractivity contribution is -0.113. The second-order valence-electron chi connectivity index (χ2n) is 6.55. The fourth-order valence-electron chi connectivity index (χ4n) is 3.13. The lowest BCUT2D eigenvalue weighted by atomic mass is 10.1. The van der Waals surface area contributed by atoms with Crippen molar-refractivity contribution in [3.63, 3.8) is 0 Å². The zero-order chi connectivity index (χ0) is 20.1. The van der Waals surface area contributed by atoms with Gasteiger partial charge in [0, 0.05) is 30.0 Å². The Hall–Kier alpha value is -3.25. The molecule has 0 unspecified atom stereocenters. The average Bonchev–Trinajstić information content (AvgIpc) is 3.20. The number of aromatic nitrogens is 2. The van der Waals surface area contributed by atoms with Crippen molar-refractivity contribution in [3.8, 4) is 5.75 Å². The summed E-state index contributed by atoms with van der Waals surface area (Å²) in [5, 5.41) is 5.97. The van der Waals surface area contributed by atoms with Crippen molar-refractivity contribution in [2.45, 2.75) is 11.7 Å².